The van der Waals surface area contributed by atoms with Gasteiger partial charge >= 0.3 is 0 Å². The minimum absolute atomic E-state index is 0.739. The number of hydrogen-bond donors (Lipinski definition) is 1. The summed E-state index contributed by atoms with van der Waals surface area (Å²) < 4.78 is 4.02. The second-order valence-electron chi connectivity index (χ2n) is 4.62. The van der Waals surface area contributed by atoms with E-state index in [9.17, 15) is 0 Å². The van der Waals surface area contributed by atoms with Crippen molar-refractivity contribution in [3.8, 4) is 0 Å². The SMILES string of the molecule is CNCc1cccc2c1ccn2Cc1ncnn1C. The maximum absolute atomic E-state index is 4.27. The molecule has 0 radical (unpaired) electrons. The van der Waals surface area contributed by atoms with Gasteiger partial charge in [-0.1, -0.05) is 12.1 Å². The molecule has 0 saturated heterocycles. The van der Waals surface area contributed by atoms with Gasteiger partial charge in [-0.3, -0.25) is 4.68 Å². The second-order valence-corrected chi connectivity index (χ2v) is 4.62. The first kappa shape index (κ1) is 11.9. The number of fused-ring (bicyclic) bond motifs is 1. The van der Waals surface area contributed by atoms with Gasteiger partial charge in [0.2, 0.25) is 0 Å². The zero-order valence-corrected chi connectivity index (χ0v) is 11.2. The Morgan fingerprint density at radius 3 is 2.89 bits per heavy atom. The standard InChI is InChI=1S/C14H17N5/c1-15-8-11-4-3-5-13-12(11)6-7-19(13)9-14-16-10-17-18(14)2/h3-7,10,15H,8-9H2,1-2H3. The summed E-state index contributed by atoms with van der Waals surface area (Å²) in [6.45, 7) is 1.62. The average molecular weight is 255 g/mol. The molecule has 0 bridgehead atoms. The lowest BCUT2D eigenvalue weighted by Crippen LogP contribution is -2.07. The van der Waals surface area contributed by atoms with Crippen LogP contribution in [0.3, 0.4) is 0 Å². The largest absolute Gasteiger partial charge is 0.340 e. The van der Waals surface area contributed by atoms with Gasteiger partial charge in [0.25, 0.3) is 0 Å². The van der Waals surface area contributed by atoms with E-state index in [0.717, 1.165) is 18.9 Å². The van der Waals surface area contributed by atoms with Crippen LogP contribution in [0.5, 0.6) is 0 Å². The van der Waals surface area contributed by atoms with Crippen LogP contribution >= 0.6 is 0 Å². The Hall–Kier alpha value is -2.14. The molecule has 0 amide bonds. The summed E-state index contributed by atoms with van der Waals surface area (Å²) in [5, 5.41) is 8.60. The minimum atomic E-state index is 0.739. The second kappa shape index (κ2) is 4.85. The normalized spacial score (nSPS) is 11.3. The number of nitrogens with one attached hydrogen (secondary N) is 1. The van der Waals surface area contributed by atoms with E-state index in [1.165, 1.54) is 16.5 Å². The summed E-state index contributed by atoms with van der Waals surface area (Å²) in [5.74, 6) is 0.955. The Labute approximate surface area is 111 Å². The van der Waals surface area contributed by atoms with Crippen molar-refractivity contribution in [1.82, 2.24) is 24.6 Å². The summed E-state index contributed by atoms with van der Waals surface area (Å²) >= 11 is 0. The smallest absolute Gasteiger partial charge is 0.146 e. The number of aryl methyl sites for hydroxylation is 1. The van der Waals surface area contributed by atoms with Gasteiger partial charge in [-0.2, -0.15) is 5.10 Å². The van der Waals surface area contributed by atoms with Gasteiger partial charge in [0, 0.05) is 30.7 Å². The van der Waals surface area contributed by atoms with Crippen LogP contribution in [0, 0.1) is 0 Å². The highest BCUT2D eigenvalue weighted by molar-refractivity contribution is 5.83. The molecule has 0 spiro atoms. The highest BCUT2D eigenvalue weighted by Gasteiger charge is 2.07. The van der Waals surface area contributed by atoms with E-state index in [-0.39, 0.29) is 0 Å². The molecule has 0 saturated carbocycles. The maximum atomic E-state index is 4.27. The molecule has 0 aliphatic heterocycles. The Kier molecular flexibility index (Phi) is 3.05. The number of aromatic nitrogens is 4. The molecule has 3 rings (SSSR count). The van der Waals surface area contributed by atoms with E-state index < -0.39 is 0 Å². The molecular weight excluding hydrogens is 238 g/mol. The van der Waals surface area contributed by atoms with Crippen molar-refractivity contribution in [3.63, 3.8) is 0 Å². The number of benzene rings is 1. The lowest BCUT2D eigenvalue weighted by molar-refractivity contribution is 0.664. The van der Waals surface area contributed by atoms with E-state index in [1.807, 2.05) is 18.8 Å². The number of nitrogens with zero attached hydrogens (tertiary/aromatic N) is 4. The fraction of sp³-hybridized carbons (Fsp3) is 0.286. The molecule has 2 heterocycles. The lowest BCUT2D eigenvalue weighted by atomic mass is 10.1. The quantitative estimate of drug-likeness (QED) is 0.769. The van der Waals surface area contributed by atoms with Crippen molar-refractivity contribution in [2.24, 2.45) is 7.05 Å². The monoisotopic (exact) mass is 255 g/mol. The Morgan fingerprint density at radius 1 is 1.26 bits per heavy atom. The first-order valence-corrected chi connectivity index (χ1v) is 6.34. The van der Waals surface area contributed by atoms with Gasteiger partial charge in [-0.15, -0.1) is 0 Å². The number of rotatable bonds is 4. The van der Waals surface area contributed by atoms with Gasteiger partial charge in [-0.05, 0) is 24.7 Å². The van der Waals surface area contributed by atoms with Gasteiger partial charge in [0.05, 0.1) is 6.54 Å². The molecule has 0 unspecified atom stereocenters. The van der Waals surface area contributed by atoms with E-state index in [2.05, 4.69) is 50.4 Å². The molecular formula is C14H17N5. The van der Waals surface area contributed by atoms with Crippen molar-refractivity contribution in [2.75, 3.05) is 7.05 Å². The molecule has 0 atom stereocenters. The zero-order valence-electron chi connectivity index (χ0n) is 11.2. The van der Waals surface area contributed by atoms with Crippen molar-refractivity contribution in [2.45, 2.75) is 13.1 Å². The fourth-order valence-corrected chi connectivity index (χ4v) is 2.39. The van der Waals surface area contributed by atoms with Crippen LogP contribution in [0.25, 0.3) is 10.9 Å². The summed E-state index contributed by atoms with van der Waals surface area (Å²) in [7, 11) is 3.88. The van der Waals surface area contributed by atoms with Crippen molar-refractivity contribution in [1.29, 1.82) is 0 Å². The predicted molar refractivity (Wildman–Crippen MR) is 74.8 cm³/mol. The van der Waals surface area contributed by atoms with Gasteiger partial charge < -0.3 is 9.88 Å². The predicted octanol–water partition coefficient (Wildman–Crippen LogP) is 1.54. The fourth-order valence-electron chi connectivity index (χ4n) is 2.39. The topological polar surface area (TPSA) is 47.7 Å². The minimum Gasteiger partial charge on any atom is -0.340 e. The van der Waals surface area contributed by atoms with E-state index in [4.69, 9.17) is 0 Å². The third-order valence-electron chi connectivity index (χ3n) is 3.39. The first-order valence-electron chi connectivity index (χ1n) is 6.34. The van der Waals surface area contributed by atoms with Crippen molar-refractivity contribution >= 4 is 10.9 Å². The molecule has 5 heteroatoms. The van der Waals surface area contributed by atoms with Crippen LogP contribution in [0.15, 0.2) is 36.8 Å². The highest BCUT2D eigenvalue weighted by Crippen LogP contribution is 2.20. The summed E-state index contributed by atoms with van der Waals surface area (Å²) in [5.41, 5.74) is 2.55. The zero-order chi connectivity index (χ0) is 13.2. The summed E-state index contributed by atoms with van der Waals surface area (Å²) in [6.07, 6.45) is 3.70. The third kappa shape index (κ3) is 2.13. The molecule has 1 N–H and O–H groups in total. The average Bonchev–Trinajstić information content (AvgIpc) is 2.99. The molecule has 2 aromatic heterocycles. The van der Waals surface area contributed by atoms with Crippen LogP contribution < -0.4 is 5.32 Å². The highest BCUT2D eigenvalue weighted by atomic mass is 15.3. The molecule has 1 aromatic carbocycles. The van der Waals surface area contributed by atoms with Gasteiger partial charge in [-0.25, -0.2) is 4.98 Å². The van der Waals surface area contributed by atoms with Gasteiger partial charge in [0.1, 0.15) is 12.2 Å². The van der Waals surface area contributed by atoms with E-state index >= 15 is 0 Å². The molecule has 5 nitrogen and oxygen atoms in total. The molecule has 0 aliphatic carbocycles. The lowest BCUT2D eigenvalue weighted by Gasteiger charge is -2.06. The van der Waals surface area contributed by atoms with Crippen LogP contribution in [-0.2, 0) is 20.1 Å². The van der Waals surface area contributed by atoms with E-state index in [0.29, 0.717) is 0 Å². The Bertz CT molecular complexity index is 695. The molecule has 3 aromatic rings. The van der Waals surface area contributed by atoms with Crippen molar-refractivity contribution < 1.29 is 0 Å². The molecule has 98 valence electrons. The molecule has 0 aliphatic rings. The maximum Gasteiger partial charge on any atom is 0.146 e. The summed E-state index contributed by atoms with van der Waals surface area (Å²) in [4.78, 5) is 4.27. The third-order valence-corrected chi connectivity index (χ3v) is 3.39. The first-order chi connectivity index (χ1) is 9.29. The molecule has 19 heavy (non-hydrogen) atoms. The van der Waals surface area contributed by atoms with Crippen LogP contribution in [-0.4, -0.2) is 26.4 Å². The Balaban J connectivity index is 2.01. The van der Waals surface area contributed by atoms with Crippen LogP contribution in [0.2, 0.25) is 0 Å². The summed E-state index contributed by atoms with van der Waals surface area (Å²) in [6, 6.07) is 8.57. The molecule has 0 fully saturated rings. The Morgan fingerprint density at radius 2 is 2.16 bits per heavy atom. The van der Waals surface area contributed by atoms with E-state index in [1.54, 1.807) is 6.33 Å². The van der Waals surface area contributed by atoms with Crippen LogP contribution in [0.1, 0.15) is 11.4 Å². The van der Waals surface area contributed by atoms with Gasteiger partial charge in [0.15, 0.2) is 0 Å². The number of hydrogen-bond acceptors (Lipinski definition) is 3. The van der Waals surface area contributed by atoms with Crippen LogP contribution in [0.4, 0.5) is 0 Å². The van der Waals surface area contributed by atoms with Crippen molar-refractivity contribution in [3.05, 3.63) is 48.2 Å².